The standard InChI is InChI=1S/C13H12N4.C2H6/c1-9-11-12(14)15-7-8-17(11)13(16-9)10-5-3-2-4-6-10;1-2/h2-8H,1H3,(H2,14,15);1-2H3. The van der Waals surface area contributed by atoms with E-state index in [1.807, 2.05) is 61.7 Å². The molecule has 0 saturated heterocycles. The molecule has 0 radical (unpaired) electrons. The number of aromatic nitrogens is 3. The number of nitrogens with zero attached hydrogens (tertiary/aromatic N) is 3. The Morgan fingerprint density at radius 3 is 2.47 bits per heavy atom. The molecule has 4 nitrogen and oxygen atoms in total. The Balaban J connectivity index is 0.000000637. The van der Waals surface area contributed by atoms with Crippen LogP contribution in [-0.4, -0.2) is 14.4 Å². The minimum absolute atomic E-state index is 0.514. The highest BCUT2D eigenvalue weighted by Crippen LogP contribution is 2.24. The molecule has 3 aromatic rings. The maximum absolute atomic E-state index is 5.88. The van der Waals surface area contributed by atoms with Crippen molar-refractivity contribution in [3.63, 3.8) is 0 Å². The van der Waals surface area contributed by atoms with Crippen LogP contribution in [0.4, 0.5) is 5.82 Å². The third-order valence-electron chi connectivity index (χ3n) is 2.79. The van der Waals surface area contributed by atoms with Crippen molar-refractivity contribution >= 4 is 11.3 Å². The second-order valence-electron chi connectivity index (χ2n) is 3.92. The molecule has 0 saturated carbocycles. The molecule has 98 valence electrons. The van der Waals surface area contributed by atoms with Gasteiger partial charge in [-0.15, -0.1) is 0 Å². The number of aryl methyl sites for hydroxylation is 1. The van der Waals surface area contributed by atoms with Gasteiger partial charge in [0.2, 0.25) is 0 Å². The lowest BCUT2D eigenvalue weighted by Gasteiger charge is -2.01. The number of nitrogens with two attached hydrogens (primary N) is 1. The number of imidazole rings is 1. The number of hydrogen-bond donors (Lipinski definition) is 1. The highest BCUT2D eigenvalue weighted by atomic mass is 15.1. The van der Waals surface area contributed by atoms with E-state index < -0.39 is 0 Å². The van der Waals surface area contributed by atoms with Crippen molar-refractivity contribution in [3.05, 3.63) is 48.4 Å². The Hall–Kier alpha value is -2.36. The summed E-state index contributed by atoms with van der Waals surface area (Å²) in [5, 5.41) is 0. The topological polar surface area (TPSA) is 56.2 Å². The van der Waals surface area contributed by atoms with Gasteiger partial charge in [0.1, 0.15) is 17.2 Å². The number of rotatable bonds is 1. The molecular weight excluding hydrogens is 236 g/mol. The van der Waals surface area contributed by atoms with Gasteiger partial charge in [-0.25, -0.2) is 9.97 Å². The number of fused-ring (bicyclic) bond motifs is 1. The first-order valence-electron chi connectivity index (χ1n) is 6.42. The van der Waals surface area contributed by atoms with Gasteiger partial charge in [-0.3, -0.25) is 4.40 Å². The van der Waals surface area contributed by atoms with E-state index in [2.05, 4.69) is 9.97 Å². The van der Waals surface area contributed by atoms with E-state index in [1.54, 1.807) is 6.20 Å². The van der Waals surface area contributed by atoms with E-state index in [4.69, 9.17) is 5.73 Å². The van der Waals surface area contributed by atoms with Crippen LogP contribution in [0.15, 0.2) is 42.7 Å². The Kier molecular flexibility index (Phi) is 3.80. The molecular formula is C15H18N4. The number of anilines is 1. The van der Waals surface area contributed by atoms with E-state index >= 15 is 0 Å². The zero-order valence-electron chi connectivity index (χ0n) is 11.5. The molecule has 4 heteroatoms. The molecule has 2 N–H and O–H groups in total. The van der Waals surface area contributed by atoms with Crippen LogP contribution in [0.2, 0.25) is 0 Å². The summed E-state index contributed by atoms with van der Waals surface area (Å²) in [6, 6.07) is 10.0. The van der Waals surface area contributed by atoms with E-state index in [-0.39, 0.29) is 0 Å². The van der Waals surface area contributed by atoms with Crippen LogP contribution in [0.1, 0.15) is 19.5 Å². The van der Waals surface area contributed by atoms with Gasteiger partial charge in [0.15, 0.2) is 0 Å². The van der Waals surface area contributed by atoms with Crippen molar-refractivity contribution in [1.82, 2.24) is 14.4 Å². The summed E-state index contributed by atoms with van der Waals surface area (Å²) in [5.74, 6) is 1.41. The van der Waals surface area contributed by atoms with E-state index in [0.29, 0.717) is 5.82 Å². The normalized spacial score (nSPS) is 10.1. The lowest BCUT2D eigenvalue weighted by atomic mass is 10.2. The van der Waals surface area contributed by atoms with Gasteiger partial charge in [-0.2, -0.15) is 0 Å². The Bertz CT molecular complexity index is 671. The van der Waals surface area contributed by atoms with Crippen molar-refractivity contribution in [1.29, 1.82) is 0 Å². The molecule has 0 unspecified atom stereocenters. The van der Waals surface area contributed by atoms with Gasteiger partial charge in [0.25, 0.3) is 0 Å². The van der Waals surface area contributed by atoms with Crippen molar-refractivity contribution in [3.8, 4) is 11.4 Å². The van der Waals surface area contributed by atoms with Crippen LogP contribution in [0, 0.1) is 6.92 Å². The first-order chi connectivity index (χ1) is 9.27. The van der Waals surface area contributed by atoms with Crippen LogP contribution >= 0.6 is 0 Å². The molecule has 2 heterocycles. The van der Waals surface area contributed by atoms with E-state index in [0.717, 1.165) is 22.6 Å². The largest absolute Gasteiger partial charge is 0.382 e. The fraction of sp³-hybridized carbons (Fsp3) is 0.200. The van der Waals surface area contributed by atoms with Gasteiger partial charge < -0.3 is 5.73 Å². The summed E-state index contributed by atoms with van der Waals surface area (Å²) in [6.07, 6.45) is 3.57. The summed E-state index contributed by atoms with van der Waals surface area (Å²) >= 11 is 0. The number of nitrogen functional groups attached to an aromatic ring is 1. The first kappa shape index (κ1) is 13.1. The van der Waals surface area contributed by atoms with Gasteiger partial charge in [-0.1, -0.05) is 44.2 Å². The quantitative estimate of drug-likeness (QED) is 0.724. The Morgan fingerprint density at radius 2 is 1.79 bits per heavy atom. The van der Waals surface area contributed by atoms with Crippen LogP contribution in [-0.2, 0) is 0 Å². The molecule has 3 rings (SSSR count). The minimum Gasteiger partial charge on any atom is -0.382 e. The molecule has 0 amide bonds. The molecule has 19 heavy (non-hydrogen) atoms. The average Bonchev–Trinajstić information content (AvgIpc) is 2.81. The summed E-state index contributed by atoms with van der Waals surface area (Å²) in [4.78, 5) is 8.66. The lowest BCUT2D eigenvalue weighted by Crippen LogP contribution is -1.96. The number of benzene rings is 1. The Labute approximate surface area is 112 Å². The SMILES string of the molecule is CC.Cc1nc(-c2ccccc2)n2ccnc(N)c12. The monoisotopic (exact) mass is 254 g/mol. The van der Waals surface area contributed by atoms with Gasteiger partial charge in [-0.05, 0) is 6.92 Å². The third-order valence-corrected chi connectivity index (χ3v) is 2.79. The highest BCUT2D eigenvalue weighted by Gasteiger charge is 2.11. The first-order valence-corrected chi connectivity index (χ1v) is 6.42. The van der Waals surface area contributed by atoms with Gasteiger partial charge >= 0.3 is 0 Å². The van der Waals surface area contributed by atoms with Crippen LogP contribution < -0.4 is 5.73 Å². The summed E-state index contributed by atoms with van der Waals surface area (Å²) in [7, 11) is 0. The van der Waals surface area contributed by atoms with Crippen LogP contribution in [0.3, 0.4) is 0 Å². The predicted molar refractivity (Wildman–Crippen MR) is 78.9 cm³/mol. The molecule has 0 spiro atoms. The molecule has 0 atom stereocenters. The molecule has 1 aromatic carbocycles. The maximum atomic E-state index is 5.88. The average molecular weight is 254 g/mol. The zero-order chi connectivity index (χ0) is 13.8. The van der Waals surface area contributed by atoms with Crippen LogP contribution in [0.5, 0.6) is 0 Å². The van der Waals surface area contributed by atoms with Crippen molar-refractivity contribution < 1.29 is 0 Å². The highest BCUT2D eigenvalue weighted by molar-refractivity contribution is 5.73. The molecule has 2 aromatic heterocycles. The smallest absolute Gasteiger partial charge is 0.149 e. The summed E-state index contributed by atoms with van der Waals surface area (Å²) < 4.78 is 1.98. The van der Waals surface area contributed by atoms with E-state index in [9.17, 15) is 0 Å². The maximum Gasteiger partial charge on any atom is 0.149 e. The van der Waals surface area contributed by atoms with Gasteiger partial charge in [0, 0.05) is 18.0 Å². The predicted octanol–water partition coefficient (Wildman–Crippen LogP) is 3.31. The minimum atomic E-state index is 0.514. The molecule has 0 fully saturated rings. The second-order valence-corrected chi connectivity index (χ2v) is 3.92. The fourth-order valence-electron chi connectivity index (χ4n) is 2.03. The van der Waals surface area contributed by atoms with Gasteiger partial charge in [0.05, 0.1) is 5.69 Å². The summed E-state index contributed by atoms with van der Waals surface area (Å²) in [6.45, 7) is 5.94. The lowest BCUT2D eigenvalue weighted by molar-refractivity contribution is 1.13. The Morgan fingerprint density at radius 1 is 1.11 bits per heavy atom. The summed E-state index contributed by atoms with van der Waals surface area (Å²) in [5.41, 5.74) is 8.73. The third kappa shape index (κ3) is 2.29. The molecule has 0 bridgehead atoms. The zero-order valence-corrected chi connectivity index (χ0v) is 11.5. The van der Waals surface area contributed by atoms with E-state index in [1.165, 1.54) is 0 Å². The molecule has 0 aliphatic carbocycles. The van der Waals surface area contributed by atoms with Crippen LogP contribution in [0.25, 0.3) is 16.9 Å². The fourth-order valence-corrected chi connectivity index (χ4v) is 2.03. The second kappa shape index (κ2) is 5.52. The molecule has 0 aliphatic rings. The number of hydrogen-bond acceptors (Lipinski definition) is 3. The van der Waals surface area contributed by atoms with Crippen molar-refractivity contribution in [2.24, 2.45) is 0 Å². The van der Waals surface area contributed by atoms with Crippen molar-refractivity contribution in [2.45, 2.75) is 20.8 Å². The van der Waals surface area contributed by atoms with Crippen molar-refractivity contribution in [2.75, 3.05) is 5.73 Å². The molecule has 0 aliphatic heterocycles.